The Morgan fingerprint density at radius 3 is 2.46 bits per heavy atom. The van der Waals surface area contributed by atoms with Crippen molar-refractivity contribution in [3.05, 3.63) is 57.3 Å². The van der Waals surface area contributed by atoms with E-state index in [1.165, 1.54) is 22.9 Å². The van der Waals surface area contributed by atoms with Crippen LogP contribution in [0.2, 0.25) is 18.1 Å². The zero-order valence-electron chi connectivity index (χ0n) is 16.6. The summed E-state index contributed by atoms with van der Waals surface area (Å²) in [6.45, 7) is 14.8. The number of aromatic amines is 1. The number of H-pyrrole nitrogens is 1. The molecule has 138 valence electrons. The highest BCUT2D eigenvalue weighted by Gasteiger charge is 2.39. The van der Waals surface area contributed by atoms with E-state index in [0.717, 1.165) is 17.0 Å². The first-order valence-electron chi connectivity index (χ1n) is 8.64. The lowest BCUT2D eigenvalue weighted by molar-refractivity contribution is 0.459. The molecule has 0 bridgehead atoms. The zero-order valence-corrected chi connectivity index (χ0v) is 17.6. The van der Waals surface area contributed by atoms with Gasteiger partial charge in [0, 0.05) is 29.2 Å². The topological polar surface area (TPSA) is 70.8 Å². The summed E-state index contributed by atoms with van der Waals surface area (Å²) in [6, 6.07) is 7.01. The molecule has 0 spiro atoms. The first kappa shape index (κ1) is 19.8. The van der Waals surface area contributed by atoms with E-state index in [0.29, 0.717) is 11.3 Å². The average molecular weight is 370 g/mol. The molecule has 0 atom stereocenters. The molecule has 0 saturated carbocycles. The van der Waals surface area contributed by atoms with Crippen LogP contribution in [0.15, 0.2) is 29.2 Å². The number of pyridine rings is 1. The number of rotatable bonds is 4. The van der Waals surface area contributed by atoms with Crippen LogP contribution in [-0.4, -0.2) is 17.9 Å². The minimum absolute atomic E-state index is 0.0187. The third-order valence-corrected chi connectivity index (χ3v) is 9.25. The molecule has 6 heteroatoms. The van der Waals surface area contributed by atoms with E-state index < -0.39 is 8.32 Å². The second-order valence-electron chi connectivity index (χ2n) is 8.12. The van der Waals surface area contributed by atoms with Crippen molar-refractivity contribution in [3.63, 3.8) is 0 Å². The van der Waals surface area contributed by atoms with E-state index in [9.17, 15) is 4.79 Å². The minimum Gasteiger partial charge on any atom is -0.542 e. The Labute approximate surface area is 156 Å². The number of aromatic nitrogens is 2. The Hall–Kier alpha value is -2.52. The van der Waals surface area contributed by atoms with Crippen LogP contribution >= 0.6 is 0 Å². The zero-order chi connectivity index (χ0) is 19.7. The smallest absolute Gasteiger partial charge is 0.254 e. The second kappa shape index (κ2) is 7.00. The van der Waals surface area contributed by atoms with Crippen LogP contribution in [0.5, 0.6) is 0 Å². The van der Waals surface area contributed by atoms with Crippen LogP contribution < -0.4 is 5.56 Å². The second-order valence-corrected chi connectivity index (χ2v) is 12.8. The van der Waals surface area contributed by atoms with Crippen LogP contribution in [0.25, 0.3) is 12.0 Å². The predicted molar refractivity (Wildman–Crippen MR) is 108 cm³/mol. The average Bonchev–Trinajstić information content (AvgIpc) is 2.86. The van der Waals surface area contributed by atoms with Crippen molar-refractivity contribution in [2.24, 2.45) is 0 Å². The van der Waals surface area contributed by atoms with Crippen molar-refractivity contribution in [1.29, 1.82) is 5.26 Å². The van der Waals surface area contributed by atoms with Gasteiger partial charge in [0.05, 0.1) is 11.8 Å². The van der Waals surface area contributed by atoms with Crippen LogP contribution in [0.3, 0.4) is 0 Å². The van der Waals surface area contributed by atoms with Gasteiger partial charge in [-0.1, -0.05) is 20.8 Å². The van der Waals surface area contributed by atoms with Crippen molar-refractivity contribution >= 4 is 20.3 Å². The largest absolute Gasteiger partial charge is 0.542 e. The number of hydrogen-bond donors (Lipinski definition) is 1. The van der Waals surface area contributed by atoms with E-state index in [2.05, 4.69) is 44.9 Å². The standard InChI is InChI=1S/C20H27N3O2Si/c1-14-10-17(15(2)22-14)18(25-26(6,7)20(3,4)5)13-23-12-16(11-21)8-9-19(23)24/h8-10,12-13,22H,1-7H3. The lowest BCUT2D eigenvalue weighted by Gasteiger charge is -2.37. The molecular formula is C20H27N3O2Si. The third kappa shape index (κ3) is 4.17. The van der Waals surface area contributed by atoms with Gasteiger partial charge < -0.3 is 9.41 Å². The number of nitrogens with zero attached hydrogens (tertiary/aromatic N) is 2. The molecule has 2 aromatic rings. The SMILES string of the molecule is Cc1cc(C(=Cn2cc(C#N)ccc2=O)O[Si](C)(C)C(C)(C)C)c(C)[nH]1. The van der Waals surface area contributed by atoms with Crippen molar-refractivity contribution in [3.8, 4) is 6.07 Å². The molecule has 0 aromatic carbocycles. The van der Waals surface area contributed by atoms with Gasteiger partial charge >= 0.3 is 0 Å². The van der Waals surface area contributed by atoms with E-state index >= 15 is 0 Å². The van der Waals surface area contributed by atoms with Gasteiger partial charge in [-0.15, -0.1) is 0 Å². The summed E-state index contributed by atoms with van der Waals surface area (Å²) in [6.07, 6.45) is 3.23. The Morgan fingerprint density at radius 1 is 1.31 bits per heavy atom. The highest BCUT2D eigenvalue weighted by Crippen LogP contribution is 2.40. The quantitative estimate of drug-likeness (QED) is 0.630. The molecule has 2 heterocycles. The number of nitriles is 1. The van der Waals surface area contributed by atoms with Crippen LogP contribution in [-0.2, 0) is 4.43 Å². The fraction of sp³-hybridized carbons (Fsp3) is 0.400. The summed E-state index contributed by atoms with van der Waals surface area (Å²) >= 11 is 0. The molecule has 0 aliphatic rings. The van der Waals surface area contributed by atoms with Gasteiger partial charge in [-0.05, 0) is 44.1 Å². The summed E-state index contributed by atoms with van der Waals surface area (Å²) < 4.78 is 7.97. The summed E-state index contributed by atoms with van der Waals surface area (Å²) in [5.41, 5.74) is 3.17. The molecule has 2 rings (SSSR count). The summed E-state index contributed by atoms with van der Waals surface area (Å²) in [7, 11) is -2.12. The molecule has 1 N–H and O–H groups in total. The van der Waals surface area contributed by atoms with Gasteiger partial charge in [0.2, 0.25) is 0 Å². The van der Waals surface area contributed by atoms with Crippen molar-refractivity contribution < 1.29 is 4.43 Å². The van der Waals surface area contributed by atoms with Crippen LogP contribution in [0.4, 0.5) is 0 Å². The summed E-state index contributed by atoms with van der Waals surface area (Å²) in [5.74, 6) is 0.649. The van der Waals surface area contributed by atoms with Crippen LogP contribution in [0, 0.1) is 25.2 Å². The highest BCUT2D eigenvalue weighted by atomic mass is 28.4. The Balaban J connectivity index is 2.64. The van der Waals surface area contributed by atoms with Gasteiger partial charge in [0.15, 0.2) is 0 Å². The van der Waals surface area contributed by atoms with E-state index in [1.807, 2.05) is 19.9 Å². The molecule has 2 aromatic heterocycles. The number of hydrogen-bond acceptors (Lipinski definition) is 3. The Morgan fingerprint density at radius 2 is 1.96 bits per heavy atom. The first-order chi connectivity index (χ1) is 11.9. The molecule has 0 radical (unpaired) electrons. The van der Waals surface area contributed by atoms with Gasteiger partial charge in [-0.3, -0.25) is 9.36 Å². The van der Waals surface area contributed by atoms with E-state index in [1.54, 1.807) is 6.20 Å². The maximum absolute atomic E-state index is 12.3. The predicted octanol–water partition coefficient (Wildman–Crippen LogP) is 4.64. The molecule has 0 unspecified atom stereocenters. The van der Waals surface area contributed by atoms with Crippen molar-refractivity contribution in [2.75, 3.05) is 0 Å². The normalized spacial score (nSPS) is 12.8. The minimum atomic E-state index is -2.12. The monoisotopic (exact) mass is 369 g/mol. The number of aryl methyl sites for hydroxylation is 2. The van der Waals surface area contributed by atoms with Crippen molar-refractivity contribution in [1.82, 2.24) is 9.55 Å². The summed E-state index contributed by atoms with van der Waals surface area (Å²) in [4.78, 5) is 15.6. The maximum Gasteiger partial charge on any atom is 0.254 e. The van der Waals surface area contributed by atoms with Gasteiger partial charge in [-0.25, -0.2) is 0 Å². The fourth-order valence-electron chi connectivity index (χ4n) is 2.36. The maximum atomic E-state index is 12.3. The lowest BCUT2D eigenvalue weighted by atomic mass is 10.2. The summed E-state index contributed by atoms with van der Waals surface area (Å²) in [5, 5.41) is 9.15. The molecular weight excluding hydrogens is 342 g/mol. The molecule has 0 amide bonds. The highest BCUT2D eigenvalue weighted by molar-refractivity contribution is 6.74. The molecule has 26 heavy (non-hydrogen) atoms. The van der Waals surface area contributed by atoms with E-state index in [-0.39, 0.29) is 10.6 Å². The fourth-order valence-corrected chi connectivity index (χ4v) is 3.37. The molecule has 0 aliphatic heterocycles. The molecule has 0 fully saturated rings. The van der Waals surface area contributed by atoms with Gasteiger partial charge in [0.25, 0.3) is 13.9 Å². The lowest BCUT2D eigenvalue weighted by Crippen LogP contribution is -2.40. The number of nitrogens with one attached hydrogen (secondary N) is 1. The van der Waals surface area contributed by atoms with Crippen LogP contribution in [0.1, 0.15) is 43.3 Å². The van der Waals surface area contributed by atoms with E-state index in [4.69, 9.17) is 9.69 Å². The van der Waals surface area contributed by atoms with Crippen molar-refractivity contribution in [2.45, 2.75) is 52.8 Å². The first-order valence-corrected chi connectivity index (χ1v) is 11.5. The van der Waals surface area contributed by atoms with Gasteiger partial charge in [-0.2, -0.15) is 5.26 Å². The van der Waals surface area contributed by atoms with Gasteiger partial charge in [0.1, 0.15) is 11.8 Å². The molecule has 0 saturated heterocycles. The Kier molecular flexibility index (Phi) is 5.33. The third-order valence-electron chi connectivity index (χ3n) is 4.91. The molecule has 5 nitrogen and oxygen atoms in total. The molecule has 0 aliphatic carbocycles. The Bertz CT molecular complexity index is 937.